The van der Waals surface area contributed by atoms with Gasteiger partial charge in [-0.2, -0.15) is 13.2 Å². The number of pyridine rings is 1. The normalized spacial score (nSPS) is 13.4. The number of nitrogens with one attached hydrogen (secondary N) is 2. The fourth-order valence-electron chi connectivity index (χ4n) is 3.54. The monoisotopic (exact) mass is 475 g/mol. The Morgan fingerprint density at radius 1 is 1.06 bits per heavy atom. The van der Waals surface area contributed by atoms with Crippen molar-refractivity contribution < 1.29 is 18.0 Å². The van der Waals surface area contributed by atoms with Crippen LogP contribution in [0.4, 0.5) is 13.2 Å². The average Bonchev–Trinajstić information content (AvgIpc) is 2.81. The number of halogens is 4. The van der Waals surface area contributed by atoms with Crippen LogP contribution in [0.2, 0.25) is 5.02 Å². The quantitative estimate of drug-likeness (QED) is 0.432. The molecule has 3 rings (SSSR count). The standard InChI is InChI=1S/C25H25ClF3N3O/c1-16-8-11-19(14-20(16)26)21(12-9-17-10-13-22(31-15-17)25(27,28)29)32-23(24(33)30-2)18-6-4-3-5-7-18/h3-8,10-11,13-15,21,23,32H,9,12H2,1-2H3,(H,30,33)/t21-,23-/m1/s1. The summed E-state index contributed by atoms with van der Waals surface area (Å²) in [7, 11) is 1.57. The second-order valence-electron chi connectivity index (χ2n) is 7.77. The Hall–Kier alpha value is -2.90. The Bertz CT molecular complexity index is 1070. The van der Waals surface area contributed by atoms with Crippen molar-refractivity contribution in [2.24, 2.45) is 0 Å². The Balaban J connectivity index is 1.87. The SMILES string of the molecule is CNC(=O)[C@H](N[C@H](CCc1ccc(C(F)(F)F)nc1)c1ccc(C)c(Cl)c1)c1ccccc1. The van der Waals surface area contributed by atoms with Gasteiger partial charge in [-0.3, -0.25) is 15.1 Å². The number of hydrogen-bond acceptors (Lipinski definition) is 3. The van der Waals surface area contributed by atoms with Crippen molar-refractivity contribution in [2.75, 3.05) is 7.05 Å². The topological polar surface area (TPSA) is 54.0 Å². The van der Waals surface area contributed by atoms with Crippen molar-refractivity contribution >= 4 is 17.5 Å². The van der Waals surface area contributed by atoms with E-state index in [1.807, 2.05) is 55.5 Å². The molecule has 0 aliphatic carbocycles. The van der Waals surface area contributed by atoms with Crippen LogP contribution in [0.25, 0.3) is 0 Å². The van der Waals surface area contributed by atoms with Crippen LogP contribution in [0.3, 0.4) is 0 Å². The van der Waals surface area contributed by atoms with E-state index in [1.54, 1.807) is 7.05 Å². The first kappa shape index (κ1) is 24.7. The fourth-order valence-corrected chi connectivity index (χ4v) is 3.73. The van der Waals surface area contributed by atoms with Gasteiger partial charge in [-0.15, -0.1) is 0 Å². The van der Waals surface area contributed by atoms with Gasteiger partial charge in [-0.05, 0) is 54.2 Å². The Kier molecular flexibility index (Phi) is 8.10. The van der Waals surface area contributed by atoms with Gasteiger partial charge in [0, 0.05) is 24.3 Å². The van der Waals surface area contributed by atoms with Crippen LogP contribution < -0.4 is 10.6 Å². The molecular weight excluding hydrogens is 451 g/mol. The summed E-state index contributed by atoms with van der Waals surface area (Å²) in [6, 6.07) is 16.5. The molecule has 1 aromatic heterocycles. The molecule has 3 aromatic rings. The molecule has 0 fully saturated rings. The third kappa shape index (κ3) is 6.55. The lowest BCUT2D eigenvalue weighted by Crippen LogP contribution is -2.38. The summed E-state index contributed by atoms with van der Waals surface area (Å²) in [6.45, 7) is 1.90. The van der Waals surface area contributed by atoms with Crippen LogP contribution >= 0.6 is 11.6 Å². The van der Waals surface area contributed by atoms with Crippen LogP contribution in [0.5, 0.6) is 0 Å². The number of aryl methyl sites for hydroxylation is 2. The number of alkyl halides is 3. The largest absolute Gasteiger partial charge is 0.433 e. The van der Waals surface area contributed by atoms with Crippen LogP contribution in [-0.2, 0) is 17.4 Å². The van der Waals surface area contributed by atoms with Crippen molar-refractivity contribution in [3.8, 4) is 0 Å². The fraction of sp³-hybridized carbons (Fsp3) is 0.280. The van der Waals surface area contributed by atoms with Crippen molar-refractivity contribution in [1.29, 1.82) is 0 Å². The van der Waals surface area contributed by atoms with Crippen molar-refractivity contribution in [3.05, 3.63) is 99.8 Å². The molecule has 2 atom stereocenters. The minimum Gasteiger partial charge on any atom is -0.358 e. The highest BCUT2D eigenvalue weighted by atomic mass is 35.5. The molecule has 0 radical (unpaired) electrons. The number of hydrogen-bond donors (Lipinski definition) is 2. The summed E-state index contributed by atoms with van der Waals surface area (Å²) < 4.78 is 38.4. The number of aromatic nitrogens is 1. The summed E-state index contributed by atoms with van der Waals surface area (Å²) in [5.74, 6) is -0.194. The first-order chi connectivity index (χ1) is 15.7. The van der Waals surface area contributed by atoms with E-state index >= 15 is 0 Å². The van der Waals surface area contributed by atoms with Gasteiger partial charge in [0.2, 0.25) is 5.91 Å². The van der Waals surface area contributed by atoms with Gasteiger partial charge < -0.3 is 5.32 Å². The first-order valence-corrected chi connectivity index (χ1v) is 10.9. The van der Waals surface area contributed by atoms with E-state index in [0.29, 0.717) is 23.4 Å². The molecule has 1 amide bonds. The smallest absolute Gasteiger partial charge is 0.358 e. The zero-order chi connectivity index (χ0) is 24.0. The summed E-state index contributed by atoms with van der Waals surface area (Å²) in [6.07, 6.45) is -2.25. The van der Waals surface area contributed by atoms with Gasteiger partial charge in [0.1, 0.15) is 11.7 Å². The lowest BCUT2D eigenvalue weighted by molar-refractivity contribution is -0.141. The lowest BCUT2D eigenvalue weighted by Gasteiger charge is -2.26. The molecular formula is C25H25ClF3N3O. The maximum atomic E-state index is 12.8. The third-order valence-corrected chi connectivity index (χ3v) is 5.85. The van der Waals surface area contributed by atoms with E-state index in [4.69, 9.17) is 11.6 Å². The third-order valence-electron chi connectivity index (χ3n) is 5.44. The minimum atomic E-state index is -4.47. The van der Waals surface area contributed by atoms with E-state index in [9.17, 15) is 18.0 Å². The van der Waals surface area contributed by atoms with Gasteiger partial charge in [0.15, 0.2) is 0 Å². The Labute approximate surface area is 196 Å². The van der Waals surface area contributed by atoms with E-state index in [-0.39, 0.29) is 11.9 Å². The summed E-state index contributed by atoms with van der Waals surface area (Å²) in [5.41, 5.74) is 2.36. The second-order valence-corrected chi connectivity index (χ2v) is 8.18. The van der Waals surface area contributed by atoms with Crippen molar-refractivity contribution in [2.45, 2.75) is 38.0 Å². The molecule has 8 heteroatoms. The molecule has 0 unspecified atom stereocenters. The molecule has 33 heavy (non-hydrogen) atoms. The highest BCUT2D eigenvalue weighted by Crippen LogP contribution is 2.29. The van der Waals surface area contributed by atoms with E-state index < -0.39 is 17.9 Å². The average molecular weight is 476 g/mol. The highest BCUT2D eigenvalue weighted by molar-refractivity contribution is 6.31. The maximum Gasteiger partial charge on any atom is 0.433 e. The molecule has 0 aliphatic rings. The van der Waals surface area contributed by atoms with Crippen LogP contribution in [0.1, 0.15) is 46.5 Å². The molecule has 2 aromatic carbocycles. The zero-order valence-electron chi connectivity index (χ0n) is 18.3. The van der Waals surface area contributed by atoms with Gasteiger partial charge in [0.05, 0.1) is 0 Å². The van der Waals surface area contributed by atoms with Crippen LogP contribution in [0.15, 0.2) is 66.9 Å². The molecule has 0 spiro atoms. The second kappa shape index (κ2) is 10.8. The minimum absolute atomic E-state index is 0.194. The molecule has 174 valence electrons. The predicted octanol–water partition coefficient (Wildman–Crippen LogP) is 5.81. The molecule has 1 heterocycles. The highest BCUT2D eigenvalue weighted by Gasteiger charge is 2.32. The number of likely N-dealkylation sites (N-methyl/N-ethyl adjacent to an activating group) is 1. The van der Waals surface area contributed by atoms with Crippen molar-refractivity contribution in [3.63, 3.8) is 0 Å². The number of carbonyl (C=O) groups excluding carboxylic acids is 1. The Morgan fingerprint density at radius 2 is 1.79 bits per heavy atom. The summed E-state index contributed by atoms with van der Waals surface area (Å²) in [5, 5.41) is 6.71. The van der Waals surface area contributed by atoms with E-state index in [2.05, 4.69) is 15.6 Å². The Morgan fingerprint density at radius 3 is 2.36 bits per heavy atom. The molecule has 0 saturated carbocycles. The first-order valence-electron chi connectivity index (χ1n) is 10.5. The molecule has 4 nitrogen and oxygen atoms in total. The van der Waals surface area contributed by atoms with Crippen LogP contribution in [0, 0.1) is 6.92 Å². The van der Waals surface area contributed by atoms with Gasteiger partial charge in [0.25, 0.3) is 0 Å². The molecule has 2 N–H and O–H groups in total. The number of amides is 1. The lowest BCUT2D eigenvalue weighted by atomic mass is 9.96. The maximum absolute atomic E-state index is 12.8. The number of carbonyl (C=O) groups is 1. The van der Waals surface area contributed by atoms with E-state index in [0.717, 1.165) is 22.8 Å². The molecule has 0 aliphatic heterocycles. The van der Waals surface area contributed by atoms with Gasteiger partial charge >= 0.3 is 6.18 Å². The molecule has 0 saturated heterocycles. The number of benzene rings is 2. The summed E-state index contributed by atoms with van der Waals surface area (Å²) >= 11 is 6.35. The van der Waals surface area contributed by atoms with Crippen molar-refractivity contribution in [1.82, 2.24) is 15.6 Å². The van der Waals surface area contributed by atoms with Crippen LogP contribution in [-0.4, -0.2) is 17.9 Å². The number of rotatable bonds is 8. The van der Waals surface area contributed by atoms with E-state index in [1.165, 1.54) is 12.3 Å². The predicted molar refractivity (Wildman–Crippen MR) is 123 cm³/mol. The molecule has 0 bridgehead atoms. The van der Waals surface area contributed by atoms with Gasteiger partial charge in [-0.1, -0.05) is 60.1 Å². The number of nitrogens with zero attached hydrogens (tertiary/aromatic N) is 1. The summed E-state index contributed by atoms with van der Waals surface area (Å²) in [4.78, 5) is 16.2. The van der Waals surface area contributed by atoms with Gasteiger partial charge in [-0.25, -0.2) is 0 Å². The zero-order valence-corrected chi connectivity index (χ0v) is 19.0.